The van der Waals surface area contributed by atoms with Gasteiger partial charge in [0.05, 0.1) is 60.2 Å². The second-order valence-corrected chi connectivity index (χ2v) is 9.92. The molecule has 1 fully saturated rings. The first-order valence-corrected chi connectivity index (χ1v) is 13.0. The first-order chi connectivity index (χ1) is 18.0. The zero-order chi connectivity index (χ0) is 26.2. The van der Waals surface area contributed by atoms with E-state index in [1.165, 1.54) is 12.0 Å². The normalized spacial score (nSPS) is 13.7. The number of aromatic nitrogens is 5. The Hall–Kier alpha value is -3.61. The molecule has 3 N–H and O–H groups in total. The summed E-state index contributed by atoms with van der Waals surface area (Å²) in [5.41, 5.74) is 4.17. The van der Waals surface area contributed by atoms with E-state index in [4.69, 9.17) is 5.11 Å². The Bertz CT molecular complexity index is 1340. The van der Waals surface area contributed by atoms with Crippen LogP contribution in [0.25, 0.3) is 15.3 Å². The number of hydrogen-bond donors (Lipinski definition) is 3. The fraction of sp³-hybridized carbons (Fsp3) is 0.400. The van der Waals surface area contributed by atoms with E-state index in [1.807, 2.05) is 29.3 Å². The van der Waals surface area contributed by atoms with Crippen LogP contribution in [0, 0.1) is 13.8 Å². The summed E-state index contributed by atoms with van der Waals surface area (Å²) < 4.78 is 3.63. The minimum Gasteiger partial charge on any atom is -0.394 e. The number of nitrogens with zero attached hydrogens (tertiary/aromatic N) is 6. The van der Waals surface area contributed by atoms with Crippen molar-refractivity contribution in [2.45, 2.75) is 39.7 Å². The maximum absolute atomic E-state index is 12.0. The van der Waals surface area contributed by atoms with Gasteiger partial charge in [-0.1, -0.05) is 6.42 Å². The van der Waals surface area contributed by atoms with E-state index in [2.05, 4.69) is 37.6 Å². The van der Waals surface area contributed by atoms with E-state index in [0.717, 1.165) is 41.2 Å². The molecule has 2 amide bonds. The summed E-state index contributed by atoms with van der Waals surface area (Å²) in [5, 5.41) is 22.7. The second kappa shape index (κ2) is 12.6. The topological polar surface area (TPSA) is 130 Å². The summed E-state index contributed by atoms with van der Waals surface area (Å²) >= 11 is 1.70. The second-order valence-electron chi connectivity index (χ2n) is 8.89. The predicted octanol–water partition coefficient (Wildman–Crippen LogP) is 2.94. The summed E-state index contributed by atoms with van der Waals surface area (Å²) in [7, 11) is 0. The van der Waals surface area contributed by atoms with Gasteiger partial charge in [0.15, 0.2) is 0 Å². The fourth-order valence-electron chi connectivity index (χ4n) is 4.08. The van der Waals surface area contributed by atoms with E-state index < -0.39 is 0 Å². The Morgan fingerprint density at radius 3 is 2.68 bits per heavy atom. The number of likely N-dealkylation sites (tertiary alicyclic amines) is 1. The van der Waals surface area contributed by atoms with Gasteiger partial charge in [0.25, 0.3) is 0 Å². The van der Waals surface area contributed by atoms with E-state index >= 15 is 0 Å². The summed E-state index contributed by atoms with van der Waals surface area (Å²) in [6.45, 7) is 6.86. The van der Waals surface area contributed by atoms with Crippen LogP contribution in [0.15, 0.2) is 37.1 Å². The first kappa shape index (κ1) is 26.5. The van der Waals surface area contributed by atoms with Crippen molar-refractivity contribution in [1.29, 1.82) is 0 Å². The zero-order valence-corrected chi connectivity index (χ0v) is 21.9. The lowest BCUT2D eigenvalue weighted by Gasteiger charge is -2.25. The van der Waals surface area contributed by atoms with Gasteiger partial charge in [-0.25, -0.2) is 4.52 Å². The molecule has 4 aromatic rings. The van der Waals surface area contributed by atoms with Gasteiger partial charge >= 0.3 is 0 Å². The molecule has 0 aromatic carbocycles. The molecule has 0 bridgehead atoms. The van der Waals surface area contributed by atoms with Gasteiger partial charge in [-0.2, -0.15) is 10.2 Å². The molecular formula is C25H32N8O3S. The molecule has 0 unspecified atom stereocenters. The molecule has 4 aromatic heterocycles. The average molecular weight is 525 g/mol. The van der Waals surface area contributed by atoms with Crippen molar-refractivity contribution in [3.05, 3.63) is 48.3 Å². The highest BCUT2D eigenvalue weighted by molar-refractivity contribution is 7.20. The molecule has 196 valence electrons. The number of aryl methyl sites for hydroxylation is 2. The smallest absolute Gasteiger partial charge is 0.238 e. The minimum absolute atomic E-state index is 0.0467. The van der Waals surface area contributed by atoms with Crippen molar-refractivity contribution in [2.24, 2.45) is 0 Å². The summed E-state index contributed by atoms with van der Waals surface area (Å²) in [4.78, 5) is 31.1. The standard InChI is InChI=1S/C14H20N4O2.C11H12N4OS/c1-11-13(16-10-19)7-12(8-15-11)17-14(20)9-18-5-3-2-4-6-18;1-8-4-13-15-7-10(17-11(8)15)9-5-12-14(6-9)2-3-16/h7-8,10H,2-6,9H2,1H3,(H,16,19)(H,17,20);4-7,16H,2-3H2,1H3. The van der Waals surface area contributed by atoms with Gasteiger partial charge < -0.3 is 15.7 Å². The quantitative estimate of drug-likeness (QED) is 0.302. The van der Waals surface area contributed by atoms with E-state index in [9.17, 15) is 9.59 Å². The van der Waals surface area contributed by atoms with E-state index in [0.29, 0.717) is 36.6 Å². The molecule has 12 heteroatoms. The number of carbonyl (C=O) groups excluding carboxylic acids is 2. The monoisotopic (exact) mass is 524 g/mol. The number of rotatable bonds is 8. The number of aliphatic hydroxyl groups is 1. The van der Waals surface area contributed by atoms with Crippen molar-refractivity contribution in [2.75, 3.05) is 36.9 Å². The summed E-state index contributed by atoms with van der Waals surface area (Å²) in [6, 6.07) is 1.71. The van der Waals surface area contributed by atoms with Crippen LogP contribution in [0.3, 0.4) is 0 Å². The van der Waals surface area contributed by atoms with E-state index in [1.54, 1.807) is 35.2 Å². The van der Waals surface area contributed by atoms with Crippen molar-refractivity contribution in [3.8, 4) is 10.4 Å². The van der Waals surface area contributed by atoms with Crippen LogP contribution in [0.4, 0.5) is 11.4 Å². The molecule has 1 aliphatic rings. The molecule has 0 spiro atoms. The van der Waals surface area contributed by atoms with Crippen molar-refractivity contribution >= 4 is 39.9 Å². The number of nitrogens with one attached hydrogen (secondary N) is 2. The predicted molar refractivity (Wildman–Crippen MR) is 144 cm³/mol. The Morgan fingerprint density at radius 1 is 1.14 bits per heavy atom. The van der Waals surface area contributed by atoms with Crippen LogP contribution in [0.5, 0.6) is 0 Å². The Balaban J connectivity index is 0.000000175. The van der Waals surface area contributed by atoms with Crippen LogP contribution >= 0.6 is 11.3 Å². The minimum atomic E-state index is -0.0467. The molecule has 0 atom stereocenters. The number of hydrogen-bond acceptors (Lipinski definition) is 8. The molecule has 1 aliphatic heterocycles. The molecule has 37 heavy (non-hydrogen) atoms. The third-order valence-electron chi connectivity index (χ3n) is 6.02. The Labute approximate surface area is 219 Å². The van der Waals surface area contributed by atoms with Gasteiger partial charge in [-0.15, -0.1) is 11.3 Å². The Morgan fingerprint density at radius 2 is 1.95 bits per heavy atom. The largest absolute Gasteiger partial charge is 0.394 e. The van der Waals surface area contributed by atoms with Gasteiger partial charge in [0, 0.05) is 23.5 Å². The number of anilines is 2. The molecular weight excluding hydrogens is 492 g/mol. The number of amides is 2. The summed E-state index contributed by atoms with van der Waals surface area (Å²) in [5.74, 6) is -0.0467. The highest BCUT2D eigenvalue weighted by Crippen LogP contribution is 2.29. The number of fused-ring (bicyclic) bond motifs is 1. The van der Waals surface area contributed by atoms with Gasteiger partial charge in [-0.3, -0.25) is 24.2 Å². The van der Waals surface area contributed by atoms with Crippen LogP contribution in [0.1, 0.15) is 30.5 Å². The highest BCUT2D eigenvalue weighted by atomic mass is 32.1. The average Bonchev–Trinajstić information content (AvgIpc) is 3.60. The number of thiazole rings is 1. The van der Waals surface area contributed by atoms with Crippen LogP contribution in [0.2, 0.25) is 0 Å². The number of carbonyl (C=O) groups is 2. The lowest BCUT2D eigenvalue weighted by molar-refractivity contribution is -0.117. The lowest BCUT2D eigenvalue weighted by atomic mass is 10.1. The number of aliphatic hydroxyl groups excluding tert-OH is 1. The fourth-order valence-corrected chi connectivity index (χ4v) is 5.07. The maximum atomic E-state index is 12.0. The van der Waals surface area contributed by atoms with Crippen molar-refractivity contribution < 1.29 is 14.7 Å². The van der Waals surface area contributed by atoms with Gasteiger partial charge in [0.1, 0.15) is 4.83 Å². The molecule has 5 rings (SSSR count). The molecule has 11 nitrogen and oxygen atoms in total. The third kappa shape index (κ3) is 7.00. The van der Waals surface area contributed by atoms with E-state index in [-0.39, 0.29) is 12.5 Å². The summed E-state index contributed by atoms with van der Waals surface area (Å²) in [6.07, 6.45) is 13.4. The van der Waals surface area contributed by atoms with Crippen molar-refractivity contribution in [3.63, 3.8) is 0 Å². The number of piperidine rings is 1. The molecule has 0 saturated carbocycles. The van der Waals surface area contributed by atoms with Crippen LogP contribution in [-0.2, 0) is 16.1 Å². The highest BCUT2D eigenvalue weighted by Gasteiger charge is 2.14. The molecule has 0 radical (unpaired) electrons. The van der Waals surface area contributed by atoms with Gasteiger partial charge in [-0.05, 0) is 45.8 Å². The SMILES string of the molecule is Cc1cnn2cc(-c3cnn(CCO)c3)sc12.Cc1ncc(NC(=O)CN2CCCCC2)cc1NC=O. The van der Waals surface area contributed by atoms with Crippen molar-refractivity contribution in [1.82, 2.24) is 29.3 Å². The Kier molecular flexibility index (Phi) is 8.99. The first-order valence-electron chi connectivity index (χ1n) is 12.2. The number of pyridine rings is 1. The van der Waals surface area contributed by atoms with Crippen LogP contribution < -0.4 is 10.6 Å². The van der Waals surface area contributed by atoms with Crippen LogP contribution in [-0.4, -0.2) is 72.9 Å². The maximum Gasteiger partial charge on any atom is 0.238 e. The third-order valence-corrected chi connectivity index (χ3v) is 7.28. The molecule has 1 saturated heterocycles. The molecule has 5 heterocycles. The zero-order valence-electron chi connectivity index (χ0n) is 21.1. The molecule has 0 aliphatic carbocycles. The van der Waals surface area contributed by atoms with Gasteiger partial charge in [0.2, 0.25) is 12.3 Å². The lowest BCUT2D eigenvalue weighted by Crippen LogP contribution is -2.36.